The zero-order valence-electron chi connectivity index (χ0n) is 15.1. The molecule has 140 valence electrons. The minimum absolute atomic E-state index is 0.124. The number of hydrogen-bond acceptors (Lipinski definition) is 5. The van der Waals surface area contributed by atoms with E-state index in [0.29, 0.717) is 21.1 Å². The molecule has 1 amide bonds. The molecule has 0 saturated heterocycles. The molecule has 0 atom stereocenters. The Morgan fingerprint density at radius 2 is 1.74 bits per heavy atom. The highest BCUT2D eigenvalue weighted by Gasteiger charge is 2.21. The van der Waals surface area contributed by atoms with Crippen LogP contribution in [0.15, 0.2) is 53.4 Å². The highest BCUT2D eigenvalue weighted by atomic mass is 32.2. The summed E-state index contributed by atoms with van der Waals surface area (Å²) in [6.45, 7) is 5.31. The van der Waals surface area contributed by atoms with Gasteiger partial charge in [-0.05, 0) is 32.4 Å². The Hall–Kier alpha value is -2.55. The first-order chi connectivity index (χ1) is 12.8. The molecule has 8 heteroatoms. The van der Waals surface area contributed by atoms with E-state index in [9.17, 15) is 13.2 Å². The van der Waals surface area contributed by atoms with Crippen molar-refractivity contribution < 1.29 is 13.2 Å². The Bertz CT molecular complexity index is 1090. The lowest BCUT2D eigenvalue weighted by atomic mass is 10.2. The molecule has 0 aliphatic carbocycles. The van der Waals surface area contributed by atoms with Crippen molar-refractivity contribution in [2.24, 2.45) is 0 Å². The van der Waals surface area contributed by atoms with Crippen LogP contribution in [0, 0.1) is 20.8 Å². The summed E-state index contributed by atoms with van der Waals surface area (Å²) >= 11 is 1.21. The topological polar surface area (TPSA) is 88.2 Å². The molecule has 6 nitrogen and oxygen atoms in total. The smallest absolute Gasteiger partial charge is 0.273 e. The fourth-order valence-corrected chi connectivity index (χ4v) is 4.67. The molecule has 1 heterocycles. The van der Waals surface area contributed by atoms with Crippen molar-refractivity contribution in [1.82, 2.24) is 15.2 Å². The van der Waals surface area contributed by atoms with Gasteiger partial charge in [0.05, 0.1) is 10.6 Å². The second-order valence-electron chi connectivity index (χ2n) is 6.13. The molecule has 0 fully saturated rings. The first-order valence-corrected chi connectivity index (χ1v) is 10.5. The Labute approximate surface area is 162 Å². The molecule has 3 rings (SSSR count). The number of aromatic nitrogens is 1. The number of aryl methyl sites for hydroxylation is 3. The summed E-state index contributed by atoms with van der Waals surface area (Å²) in [5.41, 5.74) is 5.30. The van der Waals surface area contributed by atoms with E-state index in [1.54, 1.807) is 26.0 Å². The fraction of sp³-hybridized carbons (Fsp3) is 0.158. The number of amides is 1. The molecule has 3 aromatic rings. The lowest BCUT2D eigenvalue weighted by Crippen LogP contribution is -2.41. The van der Waals surface area contributed by atoms with E-state index in [1.165, 1.54) is 17.4 Å². The van der Waals surface area contributed by atoms with E-state index in [4.69, 9.17) is 0 Å². The van der Waals surface area contributed by atoms with Gasteiger partial charge in [0.25, 0.3) is 15.9 Å². The molecule has 1 aromatic heterocycles. The third kappa shape index (κ3) is 4.24. The second kappa shape index (κ2) is 7.59. The van der Waals surface area contributed by atoms with Crippen LogP contribution in [0.1, 0.15) is 26.5 Å². The lowest BCUT2D eigenvalue weighted by Gasteiger charge is -2.10. The summed E-state index contributed by atoms with van der Waals surface area (Å²) < 4.78 is 24.9. The van der Waals surface area contributed by atoms with Crippen LogP contribution in [0.4, 0.5) is 0 Å². The summed E-state index contributed by atoms with van der Waals surface area (Å²) in [7, 11) is -3.87. The molecule has 0 aliphatic heterocycles. The van der Waals surface area contributed by atoms with Crippen molar-refractivity contribution in [3.8, 4) is 10.6 Å². The van der Waals surface area contributed by atoms with Crippen molar-refractivity contribution in [3.63, 3.8) is 0 Å². The van der Waals surface area contributed by atoms with Crippen molar-refractivity contribution in [2.45, 2.75) is 25.7 Å². The van der Waals surface area contributed by atoms with Crippen LogP contribution in [0.25, 0.3) is 10.6 Å². The van der Waals surface area contributed by atoms with E-state index < -0.39 is 15.9 Å². The fourth-order valence-electron chi connectivity index (χ4n) is 2.64. The van der Waals surface area contributed by atoms with Crippen LogP contribution in [0.5, 0.6) is 0 Å². The van der Waals surface area contributed by atoms with Crippen LogP contribution in [0.2, 0.25) is 0 Å². The summed E-state index contributed by atoms with van der Waals surface area (Å²) in [6, 6.07) is 14.5. The number of nitrogens with zero attached hydrogens (tertiary/aromatic N) is 1. The zero-order chi connectivity index (χ0) is 19.6. The van der Waals surface area contributed by atoms with Gasteiger partial charge in [-0.2, -0.15) is 0 Å². The van der Waals surface area contributed by atoms with Gasteiger partial charge < -0.3 is 0 Å². The molecule has 0 bridgehead atoms. The molecule has 2 aromatic carbocycles. The van der Waals surface area contributed by atoms with Gasteiger partial charge in [0, 0.05) is 5.56 Å². The van der Waals surface area contributed by atoms with E-state index in [-0.39, 0.29) is 4.90 Å². The maximum atomic E-state index is 12.5. The van der Waals surface area contributed by atoms with Gasteiger partial charge in [-0.15, -0.1) is 16.2 Å². The monoisotopic (exact) mass is 401 g/mol. The molecule has 27 heavy (non-hydrogen) atoms. The van der Waals surface area contributed by atoms with Crippen LogP contribution < -0.4 is 10.3 Å². The number of carbonyl (C=O) groups is 1. The number of nitrogens with one attached hydrogen (secondary N) is 2. The maximum absolute atomic E-state index is 12.5. The zero-order valence-corrected chi connectivity index (χ0v) is 16.7. The second-order valence-corrected chi connectivity index (χ2v) is 8.78. The minimum Gasteiger partial charge on any atom is -0.273 e. The first kappa shape index (κ1) is 19.2. The van der Waals surface area contributed by atoms with Gasteiger partial charge in [-0.1, -0.05) is 48.0 Å². The molecular formula is C19H19N3O3S2. The Morgan fingerprint density at radius 1 is 1.04 bits per heavy atom. The standard InChI is InChI=1S/C19H19N3O3S2/c1-12-9-10-16(13(2)11-12)27(24,25)22-21-18(23)17-14(3)20-19(26-17)15-7-5-4-6-8-15/h4-11,22H,1-3H3,(H,21,23). The van der Waals surface area contributed by atoms with Crippen LogP contribution in [-0.4, -0.2) is 19.3 Å². The van der Waals surface area contributed by atoms with Crippen molar-refractivity contribution in [1.29, 1.82) is 0 Å². The lowest BCUT2D eigenvalue weighted by molar-refractivity contribution is 0.0948. The number of carbonyl (C=O) groups excluding carboxylic acids is 1. The van der Waals surface area contributed by atoms with Gasteiger partial charge in [-0.25, -0.2) is 13.4 Å². The molecule has 0 spiro atoms. The van der Waals surface area contributed by atoms with Crippen molar-refractivity contribution in [2.75, 3.05) is 0 Å². The highest BCUT2D eigenvalue weighted by molar-refractivity contribution is 7.89. The van der Waals surface area contributed by atoms with E-state index in [0.717, 1.165) is 11.1 Å². The average Bonchev–Trinajstić information content (AvgIpc) is 3.02. The van der Waals surface area contributed by atoms with E-state index in [2.05, 4.69) is 15.2 Å². The van der Waals surface area contributed by atoms with Crippen molar-refractivity contribution in [3.05, 3.63) is 70.2 Å². The van der Waals surface area contributed by atoms with E-state index >= 15 is 0 Å². The van der Waals surface area contributed by atoms with Crippen LogP contribution in [-0.2, 0) is 10.0 Å². The SMILES string of the molecule is Cc1ccc(S(=O)(=O)NNC(=O)c2sc(-c3ccccc3)nc2C)c(C)c1. The molecule has 0 unspecified atom stereocenters. The Balaban J connectivity index is 1.77. The summed E-state index contributed by atoms with van der Waals surface area (Å²) in [4.78, 5) is 19.5. The van der Waals surface area contributed by atoms with Gasteiger partial charge in [0.1, 0.15) is 9.88 Å². The maximum Gasteiger partial charge on any atom is 0.278 e. The van der Waals surface area contributed by atoms with Crippen LogP contribution >= 0.6 is 11.3 Å². The number of sulfonamides is 1. The Morgan fingerprint density at radius 3 is 2.41 bits per heavy atom. The highest BCUT2D eigenvalue weighted by Crippen LogP contribution is 2.27. The third-order valence-electron chi connectivity index (χ3n) is 3.94. The van der Waals surface area contributed by atoms with E-state index in [1.807, 2.05) is 37.3 Å². The molecule has 0 saturated carbocycles. The quantitative estimate of drug-likeness (QED) is 0.642. The number of hydrazine groups is 1. The van der Waals surface area contributed by atoms with Crippen LogP contribution in [0.3, 0.4) is 0 Å². The minimum atomic E-state index is -3.87. The summed E-state index contributed by atoms with van der Waals surface area (Å²) in [6.07, 6.45) is 0. The molecule has 2 N–H and O–H groups in total. The number of benzene rings is 2. The Kier molecular flexibility index (Phi) is 5.41. The first-order valence-electron chi connectivity index (χ1n) is 8.20. The predicted molar refractivity (Wildman–Crippen MR) is 106 cm³/mol. The van der Waals surface area contributed by atoms with Gasteiger partial charge in [-0.3, -0.25) is 10.2 Å². The van der Waals surface area contributed by atoms with Gasteiger partial charge in [0.2, 0.25) is 0 Å². The number of hydrogen-bond donors (Lipinski definition) is 2. The molecule has 0 radical (unpaired) electrons. The summed E-state index contributed by atoms with van der Waals surface area (Å²) in [5.74, 6) is -0.541. The van der Waals surface area contributed by atoms with Gasteiger partial charge in [0.15, 0.2) is 0 Å². The summed E-state index contributed by atoms with van der Waals surface area (Å²) in [5, 5.41) is 0.704. The number of rotatable bonds is 5. The predicted octanol–water partition coefficient (Wildman–Crippen LogP) is 3.36. The normalized spacial score (nSPS) is 11.4. The number of thiazole rings is 1. The molecule has 0 aliphatic rings. The van der Waals surface area contributed by atoms with Gasteiger partial charge >= 0.3 is 0 Å². The average molecular weight is 402 g/mol. The molecular weight excluding hydrogens is 382 g/mol. The van der Waals surface area contributed by atoms with Crippen molar-refractivity contribution >= 4 is 27.3 Å². The largest absolute Gasteiger partial charge is 0.278 e. The third-order valence-corrected chi connectivity index (χ3v) is 6.56.